The van der Waals surface area contributed by atoms with Gasteiger partial charge >= 0.3 is 0 Å². The predicted octanol–water partition coefficient (Wildman–Crippen LogP) is 2.64. The molecule has 0 spiro atoms. The monoisotopic (exact) mass is 257 g/mol. The second kappa shape index (κ2) is 5.60. The summed E-state index contributed by atoms with van der Waals surface area (Å²) in [5, 5.41) is 3.30. The van der Waals surface area contributed by atoms with E-state index in [2.05, 4.69) is 41.5 Å². The van der Waals surface area contributed by atoms with Crippen molar-refractivity contribution < 1.29 is 0 Å². The Hall–Kier alpha value is -1.94. The molecule has 3 nitrogen and oxygen atoms in total. The van der Waals surface area contributed by atoms with Crippen LogP contribution in [0.1, 0.15) is 16.8 Å². The van der Waals surface area contributed by atoms with Gasteiger partial charge in [0.2, 0.25) is 0 Å². The van der Waals surface area contributed by atoms with Crippen molar-refractivity contribution in [1.29, 1.82) is 0 Å². The smallest absolute Gasteiger partial charge is 0.122 e. The lowest BCUT2D eigenvalue weighted by Gasteiger charge is -2.07. The second-order valence-electron chi connectivity index (χ2n) is 4.14. The number of rotatable bonds is 4. The Morgan fingerprint density at radius 2 is 1.94 bits per heavy atom. The largest absolute Gasteiger partial charge is 0.388 e. The van der Waals surface area contributed by atoms with Gasteiger partial charge in [-0.2, -0.15) is 0 Å². The molecule has 1 aromatic heterocycles. The van der Waals surface area contributed by atoms with Gasteiger partial charge in [0.1, 0.15) is 4.99 Å². The third-order valence-electron chi connectivity index (χ3n) is 2.63. The van der Waals surface area contributed by atoms with E-state index in [0.717, 1.165) is 12.2 Å². The molecule has 4 heteroatoms. The minimum atomic E-state index is 0.320. The van der Waals surface area contributed by atoms with Crippen LogP contribution < -0.4 is 11.1 Å². The van der Waals surface area contributed by atoms with E-state index in [1.165, 1.54) is 11.1 Å². The highest BCUT2D eigenvalue weighted by atomic mass is 32.1. The van der Waals surface area contributed by atoms with Crippen LogP contribution in [0, 0.1) is 6.92 Å². The molecule has 0 saturated carbocycles. The lowest BCUT2D eigenvalue weighted by molar-refractivity contribution is 1.13. The van der Waals surface area contributed by atoms with Gasteiger partial charge in [0, 0.05) is 6.54 Å². The van der Waals surface area contributed by atoms with E-state index in [-0.39, 0.29) is 0 Å². The third-order valence-corrected chi connectivity index (χ3v) is 2.84. The summed E-state index contributed by atoms with van der Waals surface area (Å²) in [6.07, 6.45) is 1.74. The molecule has 18 heavy (non-hydrogen) atoms. The number of benzene rings is 1. The molecule has 3 N–H and O–H groups in total. The molecule has 1 aromatic carbocycles. The van der Waals surface area contributed by atoms with E-state index in [1.807, 2.05) is 12.1 Å². The summed E-state index contributed by atoms with van der Waals surface area (Å²) < 4.78 is 0. The standard InChI is InChI=1S/C14H15N3S/c1-10-2-4-11(5-3-10)8-16-12-6-7-13(14(15)18)17-9-12/h2-7,9,16H,8H2,1H3,(H2,15,18). The molecule has 2 rings (SSSR count). The van der Waals surface area contributed by atoms with E-state index in [1.54, 1.807) is 6.20 Å². The Morgan fingerprint density at radius 1 is 1.22 bits per heavy atom. The topological polar surface area (TPSA) is 50.9 Å². The molecule has 0 atom stereocenters. The van der Waals surface area contributed by atoms with Gasteiger partial charge in [0.05, 0.1) is 17.6 Å². The number of hydrogen-bond donors (Lipinski definition) is 2. The molecule has 0 aliphatic heterocycles. The molecule has 92 valence electrons. The number of thiocarbonyl (C=S) groups is 1. The molecule has 0 aliphatic rings. The molecule has 2 aromatic rings. The number of nitrogens with zero attached hydrogens (tertiary/aromatic N) is 1. The Kier molecular flexibility index (Phi) is 3.89. The maximum Gasteiger partial charge on any atom is 0.122 e. The molecule has 0 bridgehead atoms. The highest BCUT2D eigenvalue weighted by Crippen LogP contribution is 2.09. The van der Waals surface area contributed by atoms with Gasteiger partial charge in [-0.25, -0.2) is 0 Å². The van der Waals surface area contributed by atoms with Crippen LogP contribution in [0.25, 0.3) is 0 Å². The molecular weight excluding hydrogens is 242 g/mol. The van der Waals surface area contributed by atoms with Crippen molar-refractivity contribution in [2.45, 2.75) is 13.5 Å². The van der Waals surface area contributed by atoms with Crippen LogP contribution in [0.2, 0.25) is 0 Å². The van der Waals surface area contributed by atoms with Gasteiger partial charge < -0.3 is 11.1 Å². The van der Waals surface area contributed by atoms with Crippen molar-refractivity contribution in [2.75, 3.05) is 5.32 Å². The van der Waals surface area contributed by atoms with Crippen LogP contribution in [0.4, 0.5) is 5.69 Å². The van der Waals surface area contributed by atoms with Gasteiger partial charge in [-0.3, -0.25) is 4.98 Å². The van der Waals surface area contributed by atoms with Crippen molar-refractivity contribution in [2.24, 2.45) is 5.73 Å². The average Bonchev–Trinajstić information content (AvgIpc) is 2.38. The van der Waals surface area contributed by atoms with Crippen molar-refractivity contribution in [3.8, 4) is 0 Å². The number of nitrogens with two attached hydrogens (primary N) is 1. The van der Waals surface area contributed by atoms with E-state index in [9.17, 15) is 0 Å². The Morgan fingerprint density at radius 3 is 2.50 bits per heavy atom. The third kappa shape index (κ3) is 3.28. The van der Waals surface area contributed by atoms with Crippen LogP contribution >= 0.6 is 12.2 Å². The summed E-state index contributed by atoms with van der Waals surface area (Å²) in [7, 11) is 0. The summed E-state index contributed by atoms with van der Waals surface area (Å²) >= 11 is 4.85. The van der Waals surface area contributed by atoms with Crippen molar-refractivity contribution in [3.63, 3.8) is 0 Å². The fourth-order valence-corrected chi connectivity index (χ4v) is 1.67. The number of anilines is 1. The van der Waals surface area contributed by atoms with Crippen molar-refractivity contribution in [1.82, 2.24) is 4.98 Å². The first-order valence-corrected chi connectivity index (χ1v) is 6.11. The number of nitrogens with one attached hydrogen (secondary N) is 1. The van der Waals surface area contributed by atoms with E-state index < -0.39 is 0 Å². The van der Waals surface area contributed by atoms with Gasteiger partial charge in [-0.1, -0.05) is 42.0 Å². The van der Waals surface area contributed by atoms with Crippen LogP contribution in [-0.4, -0.2) is 9.97 Å². The van der Waals surface area contributed by atoms with Crippen LogP contribution in [0.5, 0.6) is 0 Å². The SMILES string of the molecule is Cc1ccc(CNc2ccc(C(N)=S)nc2)cc1. The summed E-state index contributed by atoms with van der Waals surface area (Å²) in [5.41, 5.74) is 9.59. The quantitative estimate of drug-likeness (QED) is 0.827. The fourth-order valence-electron chi connectivity index (χ4n) is 1.55. The number of aryl methyl sites for hydroxylation is 1. The Bertz CT molecular complexity index is 532. The first-order valence-electron chi connectivity index (χ1n) is 5.70. The molecule has 0 aliphatic carbocycles. The first kappa shape index (κ1) is 12.5. The van der Waals surface area contributed by atoms with E-state index >= 15 is 0 Å². The second-order valence-corrected chi connectivity index (χ2v) is 4.58. The molecule has 0 fully saturated rings. The number of aromatic nitrogens is 1. The maximum atomic E-state index is 5.49. The first-order chi connectivity index (χ1) is 8.65. The van der Waals surface area contributed by atoms with Gasteiger partial charge in [0.15, 0.2) is 0 Å². The van der Waals surface area contributed by atoms with Crippen molar-refractivity contribution >= 4 is 22.9 Å². The summed E-state index contributed by atoms with van der Waals surface area (Å²) in [5.74, 6) is 0. The minimum absolute atomic E-state index is 0.320. The molecule has 1 heterocycles. The highest BCUT2D eigenvalue weighted by Gasteiger charge is 1.98. The number of pyridine rings is 1. The highest BCUT2D eigenvalue weighted by molar-refractivity contribution is 7.80. The maximum absolute atomic E-state index is 5.49. The zero-order valence-electron chi connectivity index (χ0n) is 10.2. The average molecular weight is 257 g/mol. The van der Waals surface area contributed by atoms with Gasteiger partial charge in [-0.05, 0) is 24.6 Å². The van der Waals surface area contributed by atoms with E-state index in [4.69, 9.17) is 18.0 Å². The van der Waals surface area contributed by atoms with Gasteiger partial charge in [0.25, 0.3) is 0 Å². The summed E-state index contributed by atoms with van der Waals surface area (Å²) in [6, 6.07) is 12.2. The number of hydrogen-bond acceptors (Lipinski definition) is 3. The summed E-state index contributed by atoms with van der Waals surface area (Å²) in [4.78, 5) is 4.50. The molecule has 0 unspecified atom stereocenters. The molecular formula is C14H15N3S. The minimum Gasteiger partial charge on any atom is -0.388 e. The molecule has 0 amide bonds. The van der Waals surface area contributed by atoms with Crippen LogP contribution in [0.15, 0.2) is 42.6 Å². The lowest BCUT2D eigenvalue weighted by Crippen LogP contribution is -2.11. The van der Waals surface area contributed by atoms with Crippen molar-refractivity contribution in [3.05, 3.63) is 59.4 Å². The Balaban J connectivity index is 1.97. The molecule has 0 saturated heterocycles. The van der Waals surface area contributed by atoms with E-state index in [0.29, 0.717) is 10.7 Å². The zero-order chi connectivity index (χ0) is 13.0. The fraction of sp³-hybridized carbons (Fsp3) is 0.143. The normalized spacial score (nSPS) is 10.1. The van der Waals surface area contributed by atoms with Crippen LogP contribution in [-0.2, 0) is 6.54 Å². The lowest BCUT2D eigenvalue weighted by atomic mass is 10.1. The molecule has 0 radical (unpaired) electrons. The summed E-state index contributed by atoms with van der Waals surface area (Å²) in [6.45, 7) is 2.85. The van der Waals surface area contributed by atoms with Crippen LogP contribution in [0.3, 0.4) is 0 Å². The Labute approximate surface area is 112 Å². The predicted molar refractivity (Wildman–Crippen MR) is 78.6 cm³/mol. The zero-order valence-corrected chi connectivity index (χ0v) is 11.0. The van der Waals surface area contributed by atoms with Gasteiger partial charge in [-0.15, -0.1) is 0 Å².